The Hall–Kier alpha value is -0.790. The lowest BCUT2D eigenvalue weighted by Gasteiger charge is -2.01. The van der Waals surface area contributed by atoms with Gasteiger partial charge in [0, 0.05) is 0 Å². The Balaban J connectivity index is 3.01. The van der Waals surface area contributed by atoms with Gasteiger partial charge in [0.2, 0.25) is 0 Å². The van der Waals surface area contributed by atoms with Crippen molar-refractivity contribution in [2.45, 2.75) is 77.6 Å². The third-order valence-corrected chi connectivity index (χ3v) is 2.98. The maximum absolute atomic E-state index is 10.1. The zero-order valence-corrected chi connectivity index (χ0v) is 11.2. The Morgan fingerprint density at radius 2 is 1.35 bits per heavy atom. The summed E-state index contributed by atoms with van der Waals surface area (Å²) in [5.41, 5.74) is 0. The van der Waals surface area contributed by atoms with Gasteiger partial charge in [-0.1, -0.05) is 70.8 Å². The van der Waals surface area contributed by atoms with E-state index in [1.165, 1.54) is 57.8 Å². The van der Waals surface area contributed by atoms with Gasteiger partial charge in [0.1, 0.15) is 0 Å². The van der Waals surface area contributed by atoms with Gasteiger partial charge in [0.25, 0.3) is 0 Å². The first kappa shape index (κ1) is 16.2. The van der Waals surface area contributed by atoms with Gasteiger partial charge in [-0.25, -0.2) is 0 Å². The Morgan fingerprint density at radius 3 is 1.82 bits per heavy atom. The molecule has 0 fully saturated rings. The summed E-state index contributed by atoms with van der Waals surface area (Å²) in [5.74, 6) is -1.09. The summed E-state index contributed by atoms with van der Waals surface area (Å²) in [7, 11) is 0. The molecule has 2 nitrogen and oxygen atoms in total. The van der Waals surface area contributed by atoms with Gasteiger partial charge < -0.3 is 9.90 Å². The second-order valence-electron chi connectivity index (χ2n) is 4.69. The SMILES string of the molecule is CCCCCCCCCCCC/C=C/C(=O)[O-]. The molecule has 0 atom stereocenters. The third kappa shape index (κ3) is 15.2. The van der Waals surface area contributed by atoms with E-state index in [-0.39, 0.29) is 0 Å². The van der Waals surface area contributed by atoms with E-state index >= 15 is 0 Å². The van der Waals surface area contributed by atoms with Gasteiger partial charge in [0.05, 0.1) is 5.97 Å². The number of unbranched alkanes of at least 4 members (excludes halogenated alkanes) is 10. The summed E-state index contributed by atoms with van der Waals surface area (Å²) in [6.07, 6.45) is 16.8. The molecular formula is C15H27O2-. The summed E-state index contributed by atoms with van der Waals surface area (Å²) in [4.78, 5) is 10.1. The summed E-state index contributed by atoms with van der Waals surface area (Å²) >= 11 is 0. The fourth-order valence-electron chi connectivity index (χ4n) is 1.93. The van der Waals surface area contributed by atoms with Crippen molar-refractivity contribution in [1.29, 1.82) is 0 Å². The van der Waals surface area contributed by atoms with Gasteiger partial charge in [-0.3, -0.25) is 0 Å². The van der Waals surface area contributed by atoms with Crippen LogP contribution in [0.1, 0.15) is 77.6 Å². The number of rotatable bonds is 12. The van der Waals surface area contributed by atoms with Crippen molar-refractivity contribution in [3.8, 4) is 0 Å². The number of aliphatic carboxylic acids is 1. The highest BCUT2D eigenvalue weighted by Crippen LogP contribution is 2.11. The predicted molar refractivity (Wildman–Crippen MR) is 70.6 cm³/mol. The van der Waals surface area contributed by atoms with Gasteiger partial charge in [-0.2, -0.15) is 0 Å². The van der Waals surface area contributed by atoms with Crippen molar-refractivity contribution < 1.29 is 9.90 Å². The summed E-state index contributed by atoms with van der Waals surface area (Å²) in [6.45, 7) is 2.24. The first-order valence-corrected chi connectivity index (χ1v) is 7.15. The average molecular weight is 239 g/mol. The molecule has 0 aromatic rings. The van der Waals surface area contributed by atoms with Crippen LogP contribution in [0.25, 0.3) is 0 Å². The monoisotopic (exact) mass is 239 g/mol. The minimum atomic E-state index is -1.09. The number of allylic oxidation sites excluding steroid dienone is 1. The normalized spacial score (nSPS) is 11.1. The molecule has 0 radical (unpaired) electrons. The van der Waals surface area contributed by atoms with Crippen molar-refractivity contribution in [2.75, 3.05) is 0 Å². The molecule has 0 saturated carbocycles. The van der Waals surface area contributed by atoms with Gasteiger partial charge in [-0.15, -0.1) is 0 Å². The van der Waals surface area contributed by atoms with Crippen molar-refractivity contribution >= 4 is 5.97 Å². The third-order valence-electron chi connectivity index (χ3n) is 2.98. The molecule has 0 aliphatic rings. The van der Waals surface area contributed by atoms with E-state index in [2.05, 4.69) is 6.92 Å². The van der Waals surface area contributed by atoms with Crippen molar-refractivity contribution in [3.63, 3.8) is 0 Å². The van der Waals surface area contributed by atoms with E-state index in [1.54, 1.807) is 6.08 Å². The van der Waals surface area contributed by atoms with E-state index < -0.39 is 5.97 Å². The van der Waals surface area contributed by atoms with Crippen LogP contribution in [0.5, 0.6) is 0 Å². The highest BCUT2D eigenvalue weighted by molar-refractivity contribution is 5.77. The predicted octanol–water partition coefficient (Wildman–Crippen LogP) is 3.60. The Kier molecular flexibility index (Phi) is 12.7. The highest BCUT2D eigenvalue weighted by Gasteiger charge is 1.91. The van der Waals surface area contributed by atoms with E-state index in [0.29, 0.717) is 0 Å². The summed E-state index contributed by atoms with van der Waals surface area (Å²) in [5, 5.41) is 10.1. The van der Waals surface area contributed by atoms with Crippen LogP contribution in [-0.2, 0) is 4.79 Å². The van der Waals surface area contributed by atoms with Crippen molar-refractivity contribution in [2.24, 2.45) is 0 Å². The molecule has 0 amide bonds. The lowest BCUT2D eigenvalue weighted by atomic mass is 10.1. The standard InChI is InChI=1S/C15H28O2/c1-2-3-4-5-6-7-8-9-10-11-12-13-14-15(16)17/h13-14H,2-12H2,1H3,(H,16,17)/p-1/b14-13+. The second-order valence-corrected chi connectivity index (χ2v) is 4.69. The highest BCUT2D eigenvalue weighted by atomic mass is 16.4. The topological polar surface area (TPSA) is 40.1 Å². The van der Waals surface area contributed by atoms with Crippen LogP contribution in [0.4, 0.5) is 0 Å². The van der Waals surface area contributed by atoms with Crippen LogP contribution in [-0.4, -0.2) is 5.97 Å². The van der Waals surface area contributed by atoms with Crippen molar-refractivity contribution in [1.82, 2.24) is 0 Å². The van der Waals surface area contributed by atoms with Gasteiger partial charge in [0.15, 0.2) is 0 Å². The lowest BCUT2D eigenvalue weighted by Crippen LogP contribution is -2.18. The molecule has 0 aromatic carbocycles. The molecule has 0 aromatic heterocycles. The Morgan fingerprint density at radius 1 is 0.882 bits per heavy atom. The Bertz CT molecular complexity index is 197. The van der Waals surface area contributed by atoms with E-state index in [4.69, 9.17) is 0 Å². The first-order valence-electron chi connectivity index (χ1n) is 7.15. The fourth-order valence-corrected chi connectivity index (χ4v) is 1.93. The van der Waals surface area contributed by atoms with Gasteiger partial charge >= 0.3 is 0 Å². The summed E-state index contributed by atoms with van der Waals surface area (Å²) < 4.78 is 0. The Labute approximate surface area is 106 Å². The number of hydrogen-bond donors (Lipinski definition) is 0. The average Bonchev–Trinajstić information content (AvgIpc) is 2.30. The van der Waals surface area contributed by atoms with E-state index in [1.807, 2.05) is 0 Å². The molecule has 0 saturated heterocycles. The first-order chi connectivity index (χ1) is 8.27. The minimum absolute atomic E-state index is 0.866. The fraction of sp³-hybridized carbons (Fsp3) is 0.800. The summed E-state index contributed by atoms with van der Waals surface area (Å²) in [6, 6.07) is 0. The molecule has 0 N–H and O–H groups in total. The number of carbonyl (C=O) groups is 1. The molecule has 100 valence electrons. The zero-order valence-electron chi connectivity index (χ0n) is 11.2. The molecule has 17 heavy (non-hydrogen) atoms. The largest absolute Gasteiger partial charge is 0.545 e. The molecular weight excluding hydrogens is 212 g/mol. The van der Waals surface area contributed by atoms with Crippen molar-refractivity contribution in [3.05, 3.63) is 12.2 Å². The van der Waals surface area contributed by atoms with Crippen LogP contribution in [0.15, 0.2) is 12.2 Å². The smallest absolute Gasteiger partial charge is 0.0639 e. The maximum Gasteiger partial charge on any atom is 0.0639 e. The molecule has 0 unspecified atom stereocenters. The van der Waals surface area contributed by atoms with Crippen LogP contribution < -0.4 is 5.11 Å². The van der Waals surface area contributed by atoms with E-state index in [0.717, 1.165) is 18.9 Å². The molecule has 0 aliphatic heterocycles. The number of carboxylic acid groups (broad SMARTS) is 1. The molecule has 0 heterocycles. The molecule has 0 bridgehead atoms. The minimum Gasteiger partial charge on any atom is -0.545 e. The van der Waals surface area contributed by atoms with Crippen LogP contribution in [0.3, 0.4) is 0 Å². The number of carbonyl (C=O) groups excluding carboxylic acids is 1. The molecule has 0 rings (SSSR count). The number of carboxylic acids is 1. The van der Waals surface area contributed by atoms with Crippen LogP contribution in [0, 0.1) is 0 Å². The molecule has 0 spiro atoms. The quantitative estimate of drug-likeness (QED) is 0.385. The maximum atomic E-state index is 10.1. The molecule has 0 aliphatic carbocycles. The van der Waals surface area contributed by atoms with E-state index in [9.17, 15) is 9.90 Å². The van der Waals surface area contributed by atoms with Crippen LogP contribution >= 0.6 is 0 Å². The second kappa shape index (κ2) is 13.3. The zero-order chi connectivity index (χ0) is 12.8. The molecule has 2 heteroatoms. The van der Waals surface area contributed by atoms with Crippen LogP contribution in [0.2, 0.25) is 0 Å². The lowest BCUT2D eigenvalue weighted by molar-refractivity contribution is -0.297. The number of hydrogen-bond acceptors (Lipinski definition) is 2. The van der Waals surface area contributed by atoms with Gasteiger partial charge in [-0.05, 0) is 18.9 Å².